The van der Waals surface area contributed by atoms with Crippen LogP contribution in [-0.4, -0.2) is 14.8 Å². The van der Waals surface area contributed by atoms with Crippen molar-refractivity contribution in [1.29, 1.82) is 0 Å². The van der Waals surface area contributed by atoms with Gasteiger partial charge >= 0.3 is 0 Å². The Bertz CT molecular complexity index is 1150. The van der Waals surface area contributed by atoms with Crippen LogP contribution in [0, 0.1) is 12.7 Å². The average Bonchev–Trinajstić information content (AvgIpc) is 2.64. The van der Waals surface area contributed by atoms with Gasteiger partial charge in [-0.1, -0.05) is 18.2 Å². The van der Waals surface area contributed by atoms with Crippen molar-refractivity contribution in [2.24, 2.45) is 0 Å². The van der Waals surface area contributed by atoms with Gasteiger partial charge in [-0.25, -0.2) is 9.07 Å². The Labute approximate surface area is 149 Å². The molecule has 128 valence electrons. The SMILES string of the molecule is Cc1cc(Cn2nc(-c3ccc(F)cc3)ccc2=O)c2ccccc2n1. The van der Waals surface area contributed by atoms with E-state index in [1.54, 1.807) is 18.2 Å². The first-order valence-electron chi connectivity index (χ1n) is 8.29. The largest absolute Gasteiger partial charge is 0.268 e. The number of para-hydroxylation sites is 1. The van der Waals surface area contributed by atoms with Crippen LogP contribution in [0.2, 0.25) is 0 Å². The molecule has 0 aliphatic rings. The molecule has 5 heteroatoms. The average molecular weight is 345 g/mol. The minimum absolute atomic E-state index is 0.186. The van der Waals surface area contributed by atoms with Gasteiger partial charge in [0.1, 0.15) is 5.82 Å². The molecule has 0 N–H and O–H groups in total. The number of hydrogen-bond acceptors (Lipinski definition) is 3. The first kappa shape index (κ1) is 16.1. The second-order valence-electron chi connectivity index (χ2n) is 6.16. The smallest absolute Gasteiger partial charge is 0.267 e. The molecule has 2 heterocycles. The standard InChI is InChI=1S/C21H16FN3O/c1-14-12-16(18-4-2-3-5-20(18)23-14)13-25-21(26)11-10-19(24-25)15-6-8-17(22)9-7-15/h2-12H,13H2,1H3. The van der Waals surface area contributed by atoms with Gasteiger partial charge in [0.15, 0.2) is 0 Å². The van der Waals surface area contributed by atoms with Gasteiger partial charge in [0, 0.05) is 22.7 Å². The maximum Gasteiger partial charge on any atom is 0.267 e. The third kappa shape index (κ3) is 3.11. The summed E-state index contributed by atoms with van der Waals surface area (Å²) in [6.45, 7) is 2.28. The topological polar surface area (TPSA) is 47.8 Å². The molecule has 0 unspecified atom stereocenters. The molecule has 0 saturated carbocycles. The van der Waals surface area contributed by atoms with E-state index in [-0.39, 0.29) is 11.4 Å². The van der Waals surface area contributed by atoms with Crippen LogP contribution in [0.25, 0.3) is 22.2 Å². The zero-order chi connectivity index (χ0) is 18.1. The lowest BCUT2D eigenvalue weighted by atomic mass is 10.1. The molecular weight excluding hydrogens is 329 g/mol. The molecule has 0 atom stereocenters. The summed E-state index contributed by atoms with van der Waals surface area (Å²) in [5, 5.41) is 5.46. The number of benzene rings is 2. The van der Waals surface area contributed by atoms with E-state index in [0.717, 1.165) is 27.7 Å². The number of aryl methyl sites for hydroxylation is 1. The van der Waals surface area contributed by atoms with Crippen LogP contribution >= 0.6 is 0 Å². The predicted molar refractivity (Wildman–Crippen MR) is 99.5 cm³/mol. The molecule has 0 saturated heterocycles. The van der Waals surface area contributed by atoms with Crippen LogP contribution in [0.4, 0.5) is 4.39 Å². The lowest BCUT2D eigenvalue weighted by molar-refractivity contribution is 0.627. The van der Waals surface area contributed by atoms with E-state index in [9.17, 15) is 9.18 Å². The fourth-order valence-corrected chi connectivity index (χ4v) is 3.02. The Balaban J connectivity index is 1.78. The van der Waals surface area contributed by atoms with E-state index in [0.29, 0.717) is 12.2 Å². The van der Waals surface area contributed by atoms with Gasteiger partial charge in [0.2, 0.25) is 0 Å². The molecule has 0 bridgehead atoms. The Kier molecular flexibility index (Phi) is 4.05. The van der Waals surface area contributed by atoms with Gasteiger partial charge in [-0.3, -0.25) is 9.78 Å². The summed E-state index contributed by atoms with van der Waals surface area (Å²) in [7, 11) is 0. The molecule has 0 aliphatic heterocycles. The van der Waals surface area contributed by atoms with Crippen molar-refractivity contribution in [1.82, 2.24) is 14.8 Å². The first-order valence-corrected chi connectivity index (χ1v) is 8.29. The number of halogens is 1. The highest BCUT2D eigenvalue weighted by atomic mass is 19.1. The lowest BCUT2D eigenvalue weighted by Gasteiger charge is -2.10. The number of rotatable bonds is 3. The third-order valence-corrected chi connectivity index (χ3v) is 4.26. The Morgan fingerprint density at radius 3 is 2.58 bits per heavy atom. The summed E-state index contributed by atoms with van der Waals surface area (Å²) >= 11 is 0. The summed E-state index contributed by atoms with van der Waals surface area (Å²) in [5.74, 6) is -0.305. The number of aromatic nitrogens is 3. The van der Waals surface area contributed by atoms with Gasteiger partial charge in [-0.15, -0.1) is 0 Å². The van der Waals surface area contributed by atoms with E-state index in [1.807, 2.05) is 37.3 Å². The highest BCUT2D eigenvalue weighted by Gasteiger charge is 2.08. The summed E-state index contributed by atoms with van der Waals surface area (Å²) in [6.07, 6.45) is 0. The summed E-state index contributed by atoms with van der Waals surface area (Å²) in [4.78, 5) is 16.8. The van der Waals surface area contributed by atoms with E-state index >= 15 is 0 Å². The molecular formula is C21H16FN3O. The molecule has 0 radical (unpaired) electrons. The first-order chi connectivity index (χ1) is 12.6. The summed E-state index contributed by atoms with van der Waals surface area (Å²) < 4.78 is 14.6. The van der Waals surface area contributed by atoms with Crippen LogP contribution < -0.4 is 5.56 Å². The summed E-state index contributed by atoms with van der Waals surface area (Å²) in [5.41, 5.74) is 3.97. The lowest BCUT2D eigenvalue weighted by Crippen LogP contribution is -2.23. The normalized spacial score (nSPS) is 11.0. The predicted octanol–water partition coefficient (Wildman–Crippen LogP) is 3.95. The molecule has 26 heavy (non-hydrogen) atoms. The minimum atomic E-state index is -0.305. The van der Waals surface area contributed by atoms with Crippen molar-refractivity contribution in [3.63, 3.8) is 0 Å². The fourth-order valence-electron chi connectivity index (χ4n) is 3.02. The molecule has 0 spiro atoms. The Morgan fingerprint density at radius 2 is 1.77 bits per heavy atom. The van der Waals surface area contributed by atoms with E-state index in [4.69, 9.17) is 0 Å². The molecule has 0 aliphatic carbocycles. The van der Waals surface area contributed by atoms with Crippen molar-refractivity contribution in [3.8, 4) is 11.3 Å². The maximum atomic E-state index is 13.1. The van der Waals surface area contributed by atoms with Gasteiger partial charge in [-0.2, -0.15) is 5.10 Å². The molecule has 0 fully saturated rings. The van der Waals surface area contributed by atoms with Crippen LogP contribution in [0.15, 0.2) is 71.5 Å². The van der Waals surface area contributed by atoms with Gasteiger partial charge < -0.3 is 0 Å². The van der Waals surface area contributed by atoms with Crippen LogP contribution in [0.1, 0.15) is 11.3 Å². The van der Waals surface area contributed by atoms with Gasteiger partial charge in [-0.05, 0) is 55.0 Å². The quantitative estimate of drug-likeness (QED) is 0.565. The zero-order valence-electron chi connectivity index (χ0n) is 14.2. The fraction of sp³-hybridized carbons (Fsp3) is 0.0952. The van der Waals surface area contributed by atoms with E-state index < -0.39 is 0 Å². The third-order valence-electron chi connectivity index (χ3n) is 4.26. The van der Waals surface area contributed by atoms with Crippen molar-refractivity contribution in [2.75, 3.05) is 0 Å². The van der Waals surface area contributed by atoms with Gasteiger partial charge in [0.05, 0.1) is 17.8 Å². The monoisotopic (exact) mass is 345 g/mol. The highest BCUT2D eigenvalue weighted by Crippen LogP contribution is 2.20. The van der Waals surface area contributed by atoms with Crippen LogP contribution in [0.3, 0.4) is 0 Å². The molecule has 0 amide bonds. The van der Waals surface area contributed by atoms with E-state index in [2.05, 4.69) is 10.1 Å². The summed E-state index contributed by atoms with van der Waals surface area (Å²) in [6, 6.07) is 19.0. The van der Waals surface area contributed by atoms with Crippen molar-refractivity contribution < 1.29 is 4.39 Å². The van der Waals surface area contributed by atoms with Crippen molar-refractivity contribution in [3.05, 3.63) is 94.2 Å². The number of nitrogens with zero attached hydrogens (tertiary/aromatic N) is 3. The minimum Gasteiger partial charge on any atom is -0.268 e. The second-order valence-corrected chi connectivity index (χ2v) is 6.16. The van der Waals surface area contributed by atoms with Gasteiger partial charge in [0.25, 0.3) is 5.56 Å². The van der Waals surface area contributed by atoms with Crippen molar-refractivity contribution in [2.45, 2.75) is 13.5 Å². The van der Waals surface area contributed by atoms with Crippen LogP contribution in [-0.2, 0) is 6.54 Å². The molecule has 4 nitrogen and oxygen atoms in total. The molecule has 4 rings (SSSR count). The van der Waals surface area contributed by atoms with E-state index in [1.165, 1.54) is 22.9 Å². The molecule has 2 aromatic carbocycles. The number of pyridine rings is 1. The van der Waals surface area contributed by atoms with Crippen molar-refractivity contribution >= 4 is 10.9 Å². The maximum absolute atomic E-state index is 13.1. The Morgan fingerprint density at radius 1 is 1.00 bits per heavy atom. The molecule has 4 aromatic rings. The Hall–Kier alpha value is -3.34. The molecule has 2 aromatic heterocycles. The van der Waals surface area contributed by atoms with Crippen LogP contribution in [0.5, 0.6) is 0 Å². The second kappa shape index (κ2) is 6.52. The number of hydrogen-bond donors (Lipinski definition) is 0. The highest BCUT2D eigenvalue weighted by molar-refractivity contribution is 5.82. The number of fused-ring (bicyclic) bond motifs is 1. The zero-order valence-corrected chi connectivity index (χ0v) is 14.2.